The summed E-state index contributed by atoms with van der Waals surface area (Å²) in [7, 11) is 1.37. The lowest BCUT2D eigenvalue weighted by atomic mass is 9.77. The van der Waals surface area contributed by atoms with Crippen LogP contribution in [-0.2, 0) is 4.74 Å². The lowest BCUT2D eigenvalue weighted by Gasteiger charge is -2.27. The zero-order valence-corrected chi connectivity index (χ0v) is 22.2. The number of benzene rings is 1. The third-order valence-electron chi connectivity index (χ3n) is 7.93. The van der Waals surface area contributed by atoms with E-state index in [0.29, 0.717) is 48.4 Å². The first-order chi connectivity index (χ1) is 17.9. The molecular formula is C30H37N3O4. The van der Waals surface area contributed by atoms with Crippen molar-refractivity contribution in [2.45, 2.75) is 58.5 Å². The van der Waals surface area contributed by atoms with Crippen LogP contribution in [0.15, 0.2) is 46.5 Å². The second-order valence-corrected chi connectivity index (χ2v) is 10.4. The first-order valence-electron chi connectivity index (χ1n) is 13.2. The molecule has 1 aliphatic heterocycles. The van der Waals surface area contributed by atoms with Crippen molar-refractivity contribution in [3.05, 3.63) is 58.8 Å². The molecule has 0 saturated heterocycles. The molecule has 1 fully saturated rings. The molecule has 0 amide bonds. The molecule has 0 N–H and O–H groups in total. The standard InChI is InChI=1S/C30H37N3O4/c1-19-9-10-23(37-29-21(3)24(11-12-33-29)30(35)36-4)15-20(2)27(19)16-28(34)26-8-6-5-7-25(26)22-17-31-13-14-32-18-22/h5-8,11-14,19-20,22-23,27H,9-10,15-18H2,1-4H3. The number of esters is 1. The summed E-state index contributed by atoms with van der Waals surface area (Å²) in [4.78, 5) is 39.0. The van der Waals surface area contributed by atoms with Gasteiger partial charge < -0.3 is 9.47 Å². The summed E-state index contributed by atoms with van der Waals surface area (Å²) >= 11 is 0. The van der Waals surface area contributed by atoms with Gasteiger partial charge in [0, 0.05) is 55.2 Å². The second-order valence-electron chi connectivity index (χ2n) is 10.4. The Labute approximate surface area is 219 Å². The van der Waals surface area contributed by atoms with Crippen molar-refractivity contribution in [1.82, 2.24) is 4.98 Å². The van der Waals surface area contributed by atoms with Crippen LogP contribution in [-0.4, -0.2) is 55.5 Å². The van der Waals surface area contributed by atoms with Gasteiger partial charge in [-0.3, -0.25) is 14.8 Å². The molecule has 196 valence electrons. The zero-order valence-electron chi connectivity index (χ0n) is 22.2. The Morgan fingerprint density at radius 1 is 0.973 bits per heavy atom. The van der Waals surface area contributed by atoms with Crippen LogP contribution >= 0.6 is 0 Å². The van der Waals surface area contributed by atoms with Gasteiger partial charge in [-0.05, 0) is 55.6 Å². The molecule has 1 aliphatic carbocycles. The van der Waals surface area contributed by atoms with Crippen molar-refractivity contribution in [3.8, 4) is 5.88 Å². The van der Waals surface area contributed by atoms with Gasteiger partial charge in [0.1, 0.15) is 6.10 Å². The van der Waals surface area contributed by atoms with Crippen molar-refractivity contribution >= 4 is 24.2 Å². The van der Waals surface area contributed by atoms with Crippen LogP contribution in [0.25, 0.3) is 0 Å². The fourth-order valence-electron chi connectivity index (χ4n) is 5.72. The number of Topliss-reactive ketones (excluding diaryl/α,β-unsaturated/α-hetero) is 1. The Hall–Kier alpha value is -3.35. The fraction of sp³-hybridized carbons (Fsp3) is 0.500. The van der Waals surface area contributed by atoms with E-state index in [1.807, 2.05) is 25.1 Å². The van der Waals surface area contributed by atoms with Gasteiger partial charge in [0.15, 0.2) is 5.78 Å². The molecule has 1 saturated carbocycles. The number of hydrogen-bond acceptors (Lipinski definition) is 7. The third-order valence-corrected chi connectivity index (χ3v) is 7.93. The molecule has 0 radical (unpaired) electrons. The van der Waals surface area contributed by atoms with E-state index in [-0.39, 0.29) is 23.7 Å². The molecule has 7 nitrogen and oxygen atoms in total. The molecule has 7 heteroatoms. The van der Waals surface area contributed by atoms with E-state index in [2.05, 4.69) is 34.9 Å². The van der Waals surface area contributed by atoms with Gasteiger partial charge in [0.2, 0.25) is 5.88 Å². The summed E-state index contributed by atoms with van der Waals surface area (Å²) in [5.41, 5.74) is 3.01. The molecule has 2 aliphatic rings. The number of carbonyl (C=O) groups excluding carboxylic acids is 2. The minimum absolute atomic E-state index is 0.0225. The highest BCUT2D eigenvalue weighted by Gasteiger charge is 2.34. The van der Waals surface area contributed by atoms with Crippen LogP contribution in [0.4, 0.5) is 0 Å². The maximum absolute atomic E-state index is 13.7. The van der Waals surface area contributed by atoms with Crippen LogP contribution in [0.3, 0.4) is 0 Å². The highest BCUT2D eigenvalue weighted by molar-refractivity contribution is 6.16. The SMILES string of the molecule is COC(=O)c1ccnc(OC2CCC(C)C(CC(=O)c3ccccc3C3CN=CC=NC3)C(C)C2)c1C. The minimum Gasteiger partial charge on any atom is -0.474 e. The van der Waals surface area contributed by atoms with Crippen LogP contribution < -0.4 is 4.74 Å². The van der Waals surface area contributed by atoms with Crippen LogP contribution in [0.2, 0.25) is 0 Å². The monoisotopic (exact) mass is 503 g/mol. The summed E-state index contributed by atoms with van der Waals surface area (Å²) in [5.74, 6) is 1.35. The number of rotatable bonds is 7. The van der Waals surface area contributed by atoms with E-state index in [9.17, 15) is 9.59 Å². The highest BCUT2D eigenvalue weighted by Crippen LogP contribution is 2.38. The van der Waals surface area contributed by atoms with Crippen molar-refractivity contribution < 1.29 is 19.1 Å². The van der Waals surface area contributed by atoms with Crippen LogP contribution in [0.1, 0.15) is 77.3 Å². The predicted molar refractivity (Wildman–Crippen MR) is 145 cm³/mol. The van der Waals surface area contributed by atoms with Gasteiger partial charge in [0.25, 0.3) is 0 Å². The van der Waals surface area contributed by atoms with E-state index in [1.54, 1.807) is 24.7 Å². The number of aromatic nitrogens is 1. The van der Waals surface area contributed by atoms with Gasteiger partial charge in [-0.25, -0.2) is 9.78 Å². The number of methoxy groups -OCH3 is 1. The van der Waals surface area contributed by atoms with Crippen molar-refractivity contribution in [2.24, 2.45) is 27.7 Å². The van der Waals surface area contributed by atoms with E-state index >= 15 is 0 Å². The molecule has 37 heavy (non-hydrogen) atoms. The summed E-state index contributed by atoms with van der Waals surface area (Å²) in [6.45, 7) is 7.59. The molecule has 4 unspecified atom stereocenters. The summed E-state index contributed by atoms with van der Waals surface area (Å²) in [6.07, 6.45) is 8.23. The topological polar surface area (TPSA) is 90.2 Å². The summed E-state index contributed by atoms with van der Waals surface area (Å²) < 4.78 is 11.2. The first-order valence-corrected chi connectivity index (χ1v) is 13.2. The number of aliphatic imine (C=N–C) groups is 2. The first kappa shape index (κ1) is 26.7. The molecule has 2 heterocycles. The van der Waals surface area contributed by atoms with Gasteiger partial charge in [0.05, 0.1) is 12.7 Å². The molecule has 0 bridgehead atoms. The van der Waals surface area contributed by atoms with E-state index in [1.165, 1.54) is 7.11 Å². The molecule has 4 rings (SSSR count). The molecule has 0 spiro atoms. The van der Waals surface area contributed by atoms with Gasteiger partial charge in [-0.15, -0.1) is 0 Å². The van der Waals surface area contributed by atoms with Gasteiger partial charge in [-0.2, -0.15) is 0 Å². The smallest absolute Gasteiger partial charge is 0.338 e. The Morgan fingerprint density at radius 2 is 1.70 bits per heavy atom. The Kier molecular flexibility index (Phi) is 8.85. The summed E-state index contributed by atoms with van der Waals surface area (Å²) in [6, 6.07) is 9.60. The maximum Gasteiger partial charge on any atom is 0.338 e. The zero-order chi connectivity index (χ0) is 26.4. The minimum atomic E-state index is -0.395. The van der Waals surface area contributed by atoms with E-state index in [4.69, 9.17) is 9.47 Å². The normalized spacial score (nSPS) is 24.2. The van der Waals surface area contributed by atoms with Gasteiger partial charge >= 0.3 is 5.97 Å². The maximum atomic E-state index is 13.7. The number of ketones is 1. The largest absolute Gasteiger partial charge is 0.474 e. The third kappa shape index (κ3) is 6.32. The average Bonchev–Trinajstić information content (AvgIpc) is 3.26. The molecule has 1 aromatic carbocycles. The van der Waals surface area contributed by atoms with Crippen LogP contribution in [0, 0.1) is 24.7 Å². The molecule has 1 aromatic heterocycles. The summed E-state index contributed by atoms with van der Waals surface area (Å²) in [5, 5.41) is 0. The quantitative estimate of drug-likeness (QED) is 0.282. The number of pyridine rings is 1. The van der Waals surface area contributed by atoms with Crippen molar-refractivity contribution in [3.63, 3.8) is 0 Å². The van der Waals surface area contributed by atoms with Crippen LogP contribution in [0.5, 0.6) is 5.88 Å². The Bertz CT molecular complexity index is 1160. The predicted octanol–water partition coefficient (Wildman–Crippen LogP) is 5.51. The highest BCUT2D eigenvalue weighted by atomic mass is 16.5. The number of hydrogen-bond donors (Lipinski definition) is 0. The Balaban J connectivity index is 1.46. The van der Waals surface area contributed by atoms with Crippen molar-refractivity contribution in [2.75, 3.05) is 20.2 Å². The lowest BCUT2D eigenvalue weighted by molar-refractivity contribution is 0.0598. The Morgan fingerprint density at radius 3 is 2.43 bits per heavy atom. The molecular weight excluding hydrogens is 466 g/mol. The number of ether oxygens (including phenoxy) is 2. The second kappa shape index (κ2) is 12.3. The number of nitrogens with zero attached hydrogens (tertiary/aromatic N) is 3. The lowest BCUT2D eigenvalue weighted by Crippen LogP contribution is -2.25. The van der Waals surface area contributed by atoms with Gasteiger partial charge in [-0.1, -0.05) is 38.1 Å². The molecule has 2 aromatic rings. The van der Waals surface area contributed by atoms with E-state index < -0.39 is 5.97 Å². The fourth-order valence-corrected chi connectivity index (χ4v) is 5.72. The van der Waals surface area contributed by atoms with Crippen molar-refractivity contribution in [1.29, 1.82) is 0 Å². The molecule has 4 atom stereocenters. The number of carbonyl (C=O) groups is 2. The van der Waals surface area contributed by atoms with E-state index in [0.717, 1.165) is 30.4 Å². The average molecular weight is 504 g/mol.